The lowest BCUT2D eigenvalue weighted by molar-refractivity contribution is -0.158. The van der Waals surface area contributed by atoms with Crippen LogP contribution >= 0.6 is 0 Å². The third kappa shape index (κ3) is 7.03. The summed E-state index contributed by atoms with van der Waals surface area (Å²) in [5.41, 5.74) is 0. The molecule has 0 aliphatic rings. The SMILES string of the molecule is CC(=O)OC(=O)CCC(C)C. The summed E-state index contributed by atoms with van der Waals surface area (Å²) in [6.07, 6.45) is 1.10. The Bertz CT molecular complexity index is 149. The van der Waals surface area contributed by atoms with Gasteiger partial charge in [-0.2, -0.15) is 0 Å². The molecule has 64 valence electrons. The van der Waals surface area contributed by atoms with Gasteiger partial charge in [0, 0.05) is 13.3 Å². The van der Waals surface area contributed by atoms with Crippen LogP contribution in [0.1, 0.15) is 33.6 Å². The molecule has 0 aliphatic heterocycles. The summed E-state index contributed by atoms with van der Waals surface area (Å²) in [5, 5.41) is 0. The Morgan fingerprint density at radius 3 is 2.27 bits per heavy atom. The van der Waals surface area contributed by atoms with Crippen molar-refractivity contribution < 1.29 is 14.3 Å². The standard InChI is InChI=1S/C8H14O3/c1-6(2)4-5-8(10)11-7(3)9/h6H,4-5H2,1-3H3. The van der Waals surface area contributed by atoms with Crippen molar-refractivity contribution in [3.63, 3.8) is 0 Å². The third-order valence-corrected chi connectivity index (χ3v) is 1.18. The van der Waals surface area contributed by atoms with Crippen molar-refractivity contribution in [3.05, 3.63) is 0 Å². The van der Waals surface area contributed by atoms with Gasteiger partial charge < -0.3 is 4.74 Å². The summed E-state index contributed by atoms with van der Waals surface area (Å²) in [5.74, 6) is -0.487. The largest absolute Gasteiger partial charge is 0.393 e. The topological polar surface area (TPSA) is 43.4 Å². The highest BCUT2D eigenvalue weighted by Crippen LogP contribution is 2.04. The summed E-state index contributed by atoms with van der Waals surface area (Å²) in [6.45, 7) is 5.26. The smallest absolute Gasteiger partial charge is 0.313 e. The van der Waals surface area contributed by atoms with Gasteiger partial charge in [0.1, 0.15) is 0 Å². The number of ether oxygens (including phenoxy) is 1. The summed E-state index contributed by atoms with van der Waals surface area (Å²) in [4.78, 5) is 21.0. The molecular formula is C8H14O3. The van der Waals surface area contributed by atoms with Gasteiger partial charge in [0.15, 0.2) is 0 Å². The Balaban J connectivity index is 3.46. The van der Waals surface area contributed by atoms with Gasteiger partial charge in [-0.15, -0.1) is 0 Å². The maximum Gasteiger partial charge on any atom is 0.313 e. The fourth-order valence-electron chi connectivity index (χ4n) is 0.618. The fourth-order valence-corrected chi connectivity index (χ4v) is 0.618. The van der Waals surface area contributed by atoms with Crippen molar-refractivity contribution in [1.82, 2.24) is 0 Å². The molecule has 0 aliphatic carbocycles. The van der Waals surface area contributed by atoms with E-state index in [9.17, 15) is 9.59 Å². The Labute approximate surface area is 66.7 Å². The first-order valence-electron chi connectivity index (χ1n) is 3.73. The second-order valence-corrected chi connectivity index (χ2v) is 2.90. The molecule has 0 N–H and O–H groups in total. The Morgan fingerprint density at radius 2 is 1.91 bits per heavy atom. The lowest BCUT2D eigenvalue weighted by Crippen LogP contribution is -2.09. The molecule has 11 heavy (non-hydrogen) atoms. The first-order valence-corrected chi connectivity index (χ1v) is 3.73. The molecule has 0 atom stereocenters. The van der Waals surface area contributed by atoms with Gasteiger partial charge in [0.2, 0.25) is 0 Å². The van der Waals surface area contributed by atoms with Gasteiger partial charge in [0.25, 0.3) is 0 Å². The molecule has 0 aromatic heterocycles. The van der Waals surface area contributed by atoms with Crippen LogP contribution in [0.4, 0.5) is 0 Å². The molecule has 0 heterocycles. The number of carbonyl (C=O) groups excluding carboxylic acids is 2. The van der Waals surface area contributed by atoms with Crippen LogP contribution in [-0.2, 0) is 14.3 Å². The molecule has 0 saturated carbocycles. The number of esters is 2. The Kier molecular flexibility index (Phi) is 4.50. The number of hydrogen-bond acceptors (Lipinski definition) is 3. The van der Waals surface area contributed by atoms with E-state index >= 15 is 0 Å². The van der Waals surface area contributed by atoms with Crippen molar-refractivity contribution in [2.24, 2.45) is 5.92 Å². The van der Waals surface area contributed by atoms with E-state index in [4.69, 9.17) is 0 Å². The lowest BCUT2D eigenvalue weighted by Gasteiger charge is -2.02. The molecule has 3 heteroatoms. The van der Waals surface area contributed by atoms with Crippen LogP contribution in [0, 0.1) is 5.92 Å². The quantitative estimate of drug-likeness (QED) is 0.462. The van der Waals surface area contributed by atoms with Crippen molar-refractivity contribution in [3.8, 4) is 0 Å². The van der Waals surface area contributed by atoms with E-state index in [0.717, 1.165) is 6.42 Å². The maximum atomic E-state index is 10.7. The van der Waals surface area contributed by atoms with Gasteiger partial charge in [-0.3, -0.25) is 9.59 Å². The predicted molar refractivity (Wildman–Crippen MR) is 40.8 cm³/mol. The zero-order valence-corrected chi connectivity index (χ0v) is 7.22. The summed E-state index contributed by atoms with van der Waals surface area (Å²) >= 11 is 0. The van der Waals surface area contributed by atoms with Gasteiger partial charge in [-0.25, -0.2) is 0 Å². The van der Waals surface area contributed by atoms with E-state index in [0.29, 0.717) is 12.3 Å². The predicted octanol–water partition coefficient (Wildman–Crippen LogP) is 1.51. The molecule has 0 fully saturated rings. The van der Waals surface area contributed by atoms with Crippen molar-refractivity contribution in [2.75, 3.05) is 0 Å². The maximum absolute atomic E-state index is 10.7. The average molecular weight is 158 g/mol. The third-order valence-electron chi connectivity index (χ3n) is 1.18. The van der Waals surface area contributed by atoms with Crippen LogP contribution in [0.3, 0.4) is 0 Å². The highest BCUT2D eigenvalue weighted by atomic mass is 16.6. The van der Waals surface area contributed by atoms with Crippen LogP contribution in [0.2, 0.25) is 0 Å². The molecule has 0 spiro atoms. The van der Waals surface area contributed by atoms with Gasteiger partial charge in [-0.1, -0.05) is 13.8 Å². The summed E-state index contributed by atoms with van der Waals surface area (Å²) < 4.78 is 4.32. The van der Waals surface area contributed by atoms with Gasteiger partial charge in [0.05, 0.1) is 0 Å². The van der Waals surface area contributed by atoms with Crippen molar-refractivity contribution >= 4 is 11.9 Å². The van der Waals surface area contributed by atoms with Crippen molar-refractivity contribution in [2.45, 2.75) is 33.6 Å². The van der Waals surface area contributed by atoms with Crippen molar-refractivity contribution in [1.29, 1.82) is 0 Å². The minimum absolute atomic E-state index is 0.331. The molecular weight excluding hydrogens is 144 g/mol. The van der Waals surface area contributed by atoms with E-state index in [1.54, 1.807) is 0 Å². The zero-order chi connectivity index (χ0) is 8.85. The molecule has 0 rings (SSSR count). The van der Waals surface area contributed by atoms with Crippen LogP contribution in [-0.4, -0.2) is 11.9 Å². The first kappa shape index (κ1) is 10.1. The Hall–Kier alpha value is -0.860. The Morgan fingerprint density at radius 1 is 1.36 bits per heavy atom. The average Bonchev–Trinajstić information content (AvgIpc) is 1.82. The second kappa shape index (κ2) is 4.88. The van der Waals surface area contributed by atoms with E-state index in [2.05, 4.69) is 4.74 Å². The molecule has 0 amide bonds. The number of rotatable bonds is 3. The van der Waals surface area contributed by atoms with E-state index in [1.165, 1.54) is 6.92 Å². The number of hydrogen-bond donors (Lipinski definition) is 0. The van der Waals surface area contributed by atoms with Crippen LogP contribution < -0.4 is 0 Å². The van der Waals surface area contributed by atoms with E-state index in [-0.39, 0.29) is 0 Å². The molecule has 3 nitrogen and oxygen atoms in total. The summed E-state index contributed by atoms with van der Waals surface area (Å²) in [7, 11) is 0. The number of carbonyl (C=O) groups is 2. The van der Waals surface area contributed by atoms with Crippen LogP contribution in [0.25, 0.3) is 0 Å². The van der Waals surface area contributed by atoms with Crippen LogP contribution in [0.5, 0.6) is 0 Å². The minimum atomic E-state index is -0.529. The zero-order valence-electron chi connectivity index (χ0n) is 7.22. The molecule has 0 aromatic carbocycles. The molecule has 0 aromatic rings. The normalized spacial score (nSPS) is 9.82. The fraction of sp³-hybridized carbons (Fsp3) is 0.750. The molecule has 0 unspecified atom stereocenters. The van der Waals surface area contributed by atoms with Crippen LogP contribution in [0.15, 0.2) is 0 Å². The van der Waals surface area contributed by atoms with E-state index < -0.39 is 11.9 Å². The molecule has 0 radical (unpaired) electrons. The summed E-state index contributed by atoms with van der Waals surface area (Å²) in [6, 6.07) is 0. The lowest BCUT2D eigenvalue weighted by atomic mass is 10.1. The monoisotopic (exact) mass is 158 g/mol. The highest BCUT2D eigenvalue weighted by molar-refractivity contribution is 5.83. The van der Waals surface area contributed by atoms with E-state index in [1.807, 2.05) is 13.8 Å². The first-order chi connectivity index (χ1) is 5.02. The second-order valence-electron chi connectivity index (χ2n) is 2.90. The molecule has 0 bridgehead atoms. The highest BCUT2D eigenvalue weighted by Gasteiger charge is 2.06. The minimum Gasteiger partial charge on any atom is -0.393 e. The molecule has 0 saturated heterocycles. The van der Waals surface area contributed by atoms with Gasteiger partial charge in [-0.05, 0) is 12.3 Å². The van der Waals surface area contributed by atoms with Gasteiger partial charge >= 0.3 is 11.9 Å².